The molecule has 1 aromatic heterocycles. The van der Waals surface area contributed by atoms with E-state index < -0.39 is 0 Å². The van der Waals surface area contributed by atoms with E-state index in [4.69, 9.17) is 0 Å². The van der Waals surface area contributed by atoms with Crippen molar-refractivity contribution in [1.29, 1.82) is 0 Å². The lowest BCUT2D eigenvalue weighted by molar-refractivity contribution is -0.0205. The fourth-order valence-corrected chi connectivity index (χ4v) is 5.92. The second-order valence-corrected chi connectivity index (χ2v) is 8.33. The number of nitrogens with zero attached hydrogens (tertiary/aromatic N) is 1. The molecule has 4 aliphatic rings. The summed E-state index contributed by atoms with van der Waals surface area (Å²) in [6.07, 6.45) is 10.4. The van der Waals surface area contributed by atoms with Crippen LogP contribution in [-0.2, 0) is 6.54 Å². The van der Waals surface area contributed by atoms with Crippen molar-refractivity contribution in [3.63, 3.8) is 0 Å². The average molecular weight is 325 g/mol. The molecule has 3 nitrogen and oxygen atoms in total. The van der Waals surface area contributed by atoms with Crippen LogP contribution in [0.15, 0.2) is 30.5 Å². The molecule has 2 aromatic rings. The predicted octanol–water partition coefficient (Wildman–Crippen LogP) is 4.27. The van der Waals surface area contributed by atoms with Gasteiger partial charge in [0.2, 0.25) is 0 Å². The Labute approximate surface area is 142 Å². The average Bonchev–Trinajstić information content (AvgIpc) is 3.01. The molecule has 126 valence electrons. The number of benzene rings is 1. The second kappa shape index (κ2) is 5.41. The Bertz CT molecular complexity index is 698. The van der Waals surface area contributed by atoms with Crippen LogP contribution in [-0.4, -0.2) is 15.7 Å². The number of hydrogen-bond acceptors (Lipinski definition) is 2. The molecule has 0 atom stereocenters. The largest absolute Gasteiger partial charge is 0.307 e. The van der Waals surface area contributed by atoms with E-state index in [0.717, 1.165) is 35.6 Å². The van der Waals surface area contributed by atoms with Gasteiger partial charge in [-0.15, -0.1) is 0 Å². The molecule has 4 bridgehead atoms. The summed E-state index contributed by atoms with van der Waals surface area (Å²) in [5.41, 5.74) is 3.53. The normalized spacial score (nSPS) is 34.0. The molecule has 1 aromatic carbocycles. The highest BCUT2D eigenvalue weighted by molar-refractivity contribution is 5.62. The lowest BCUT2D eigenvalue weighted by Gasteiger charge is -2.57. The predicted molar refractivity (Wildman–Crippen MR) is 91.7 cm³/mol. The van der Waals surface area contributed by atoms with Crippen LogP contribution in [0.5, 0.6) is 0 Å². The fourth-order valence-electron chi connectivity index (χ4n) is 5.92. The first-order chi connectivity index (χ1) is 11.7. The standard InChI is InChI=1S/C20H24FN3/c21-18-3-1-16(2-4-18)19-17(12-23-24-19)11-22-20-8-13-5-14(9-20)7-15(6-13)10-20/h1-4,12-15,22H,5-11H2,(H,23,24). The third-order valence-corrected chi connectivity index (χ3v) is 6.54. The minimum Gasteiger partial charge on any atom is -0.307 e. The van der Waals surface area contributed by atoms with E-state index in [9.17, 15) is 4.39 Å². The van der Waals surface area contributed by atoms with E-state index in [-0.39, 0.29) is 5.82 Å². The molecule has 6 rings (SSSR count). The molecule has 2 N–H and O–H groups in total. The number of H-pyrrole nitrogens is 1. The Morgan fingerprint density at radius 3 is 2.29 bits per heavy atom. The molecule has 0 unspecified atom stereocenters. The molecule has 4 heteroatoms. The van der Waals surface area contributed by atoms with E-state index >= 15 is 0 Å². The molecule has 0 amide bonds. The summed E-state index contributed by atoms with van der Waals surface area (Å²) in [7, 11) is 0. The number of rotatable bonds is 4. The van der Waals surface area contributed by atoms with Gasteiger partial charge in [-0.2, -0.15) is 5.10 Å². The number of nitrogens with one attached hydrogen (secondary N) is 2. The van der Waals surface area contributed by atoms with Gasteiger partial charge in [-0.3, -0.25) is 5.10 Å². The van der Waals surface area contributed by atoms with Crippen molar-refractivity contribution >= 4 is 0 Å². The maximum atomic E-state index is 13.2. The minimum absolute atomic E-state index is 0.202. The lowest BCUT2D eigenvalue weighted by Crippen LogP contribution is -2.58. The van der Waals surface area contributed by atoms with E-state index in [2.05, 4.69) is 15.5 Å². The first-order valence-electron chi connectivity index (χ1n) is 9.22. The van der Waals surface area contributed by atoms with Crippen LogP contribution in [0.2, 0.25) is 0 Å². The van der Waals surface area contributed by atoms with Gasteiger partial charge in [-0.25, -0.2) is 4.39 Å². The van der Waals surface area contributed by atoms with Gasteiger partial charge in [-0.05, 0) is 80.5 Å². The van der Waals surface area contributed by atoms with Crippen molar-refractivity contribution in [3.8, 4) is 11.3 Å². The number of halogens is 1. The van der Waals surface area contributed by atoms with E-state index in [1.165, 1.54) is 56.2 Å². The highest BCUT2D eigenvalue weighted by Crippen LogP contribution is 2.55. The molecular formula is C20H24FN3. The summed E-state index contributed by atoms with van der Waals surface area (Å²) in [6.45, 7) is 0.843. The van der Waals surface area contributed by atoms with Gasteiger partial charge in [0.25, 0.3) is 0 Å². The van der Waals surface area contributed by atoms with E-state index in [1.54, 1.807) is 0 Å². The Morgan fingerprint density at radius 1 is 1.04 bits per heavy atom. The zero-order valence-corrected chi connectivity index (χ0v) is 13.9. The minimum atomic E-state index is -0.202. The summed E-state index contributed by atoms with van der Waals surface area (Å²) in [5, 5.41) is 11.2. The van der Waals surface area contributed by atoms with Crippen molar-refractivity contribution in [2.75, 3.05) is 0 Å². The molecule has 4 aliphatic carbocycles. The first-order valence-corrected chi connectivity index (χ1v) is 9.22. The second-order valence-electron chi connectivity index (χ2n) is 8.33. The van der Waals surface area contributed by atoms with Crippen LogP contribution in [0.25, 0.3) is 11.3 Å². The topological polar surface area (TPSA) is 40.7 Å². The van der Waals surface area contributed by atoms with Crippen molar-refractivity contribution in [1.82, 2.24) is 15.5 Å². The number of hydrogen-bond donors (Lipinski definition) is 2. The molecule has 0 radical (unpaired) electrons. The molecule has 0 spiro atoms. The van der Waals surface area contributed by atoms with Gasteiger partial charge in [0.05, 0.1) is 11.9 Å². The van der Waals surface area contributed by atoms with Crippen molar-refractivity contribution in [2.45, 2.75) is 50.6 Å². The lowest BCUT2D eigenvalue weighted by atomic mass is 9.53. The third-order valence-electron chi connectivity index (χ3n) is 6.54. The van der Waals surface area contributed by atoms with E-state index in [0.29, 0.717) is 5.54 Å². The SMILES string of the molecule is Fc1ccc(-c2[nH]ncc2CNC23CC4CC(CC(C4)C2)C3)cc1. The van der Waals surface area contributed by atoms with Crippen molar-refractivity contribution < 1.29 is 4.39 Å². The van der Waals surface area contributed by atoms with Gasteiger partial charge in [0.1, 0.15) is 5.82 Å². The first kappa shape index (κ1) is 14.6. The van der Waals surface area contributed by atoms with Crippen LogP contribution in [0.1, 0.15) is 44.1 Å². The molecule has 4 fully saturated rings. The number of aromatic nitrogens is 2. The van der Waals surface area contributed by atoms with Crippen LogP contribution >= 0.6 is 0 Å². The summed E-state index contributed by atoms with van der Waals surface area (Å²) in [5.74, 6) is 2.64. The zero-order valence-electron chi connectivity index (χ0n) is 13.9. The van der Waals surface area contributed by atoms with Crippen LogP contribution < -0.4 is 5.32 Å². The smallest absolute Gasteiger partial charge is 0.123 e. The maximum absolute atomic E-state index is 13.2. The van der Waals surface area contributed by atoms with Gasteiger partial charge in [0.15, 0.2) is 0 Å². The van der Waals surface area contributed by atoms with Crippen molar-refractivity contribution in [3.05, 3.63) is 41.8 Å². The summed E-state index contributed by atoms with van der Waals surface area (Å²) in [4.78, 5) is 0. The molecule has 0 aliphatic heterocycles. The van der Waals surface area contributed by atoms with Gasteiger partial charge < -0.3 is 5.32 Å². The highest BCUT2D eigenvalue weighted by atomic mass is 19.1. The Hall–Kier alpha value is -1.68. The summed E-state index contributed by atoms with van der Waals surface area (Å²) >= 11 is 0. The number of aromatic amines is 1. The monoisotopic (exact) mass is 325 g/mol. The highest BCUT2D eigenvalue weighted by Gasteiger charge is 2.50. The Morgan fingerprint density at radius 2 is 1.67 bits per heavy atom. The quantitative estimate of drug-likeness (QED) is 0.881. The van der Waals surface area contributed by atoms with Crippen LogP contribution in [0, 0.1) is 23.6 Å². The molecule has 4 saturated carbocycles. The van der Waals surface area contributed by atoms with Crippen molar-refractivity contribution in [2.24, 2.45) is 17.8 Å². The van der Waals surface area contributed by atoms with Gasteiger partial charge in [-0.1, -0.05) is 0 Å². The van der Waals surface area contributed by atoms with Gasteiger partial charge >= 0.3 is 0 Å². The molecule has 0 saturated heterocycles. The Balaban J connectivity index is 1.34. The van der Waals surface area contributed by atoms with Gasteiger partial charge in [0, 0.05) is 23.2 Å². The summed E-state index contributed by atoms with van der Waals surface area (Å²) in [6, 6.07) is 6.65. The molecule has 24 heavy (non-hydrogen) atoms. The van der Waals surface area contributed by atoms with E-state index in [1.807, 2.05) is 18.3 Å². The zero-order chi connectivity index (χ0) is 16.1. The molecule has 1 heterocycles. The third kappa shape index (κ3) is 2.48. The van der Waals surface area contributed by atoms with Crippen LogP contribution in [0.4, 0.5) is 4.39 Å². The summed E-state index contributed by atoms with van der Waals surface area (Å²) < 4.78 is 13.2. The maximum Gasteiger partial charge on any atom is 0.123 e. The Kier molecular flexibility index (Phi) is 3.30. The fraction of sp³-hybridized carbons (Fsp3) is 0.550. The van der Waals surface area contributed by atoms with Crippen LogP contribution in [0.3, 0.4) is 0 Å². The molecular weight excluding hydrogens is 301 g/mol.